The fraction of sp³-hybridized carbons (Fsp3) is 0.600. The third kappa shape index (κ3) is 12.0. The monoisotopic (exact) mass is 685 g/mol. The van der Waals surface area contributed by atoms with Gasteiger partial charge in [0.2, 0.25) is 29.5 Å². The van der Waals surface area contributed by atoms with Gasteiger partial charge in [-0.3, -0.25) is 28.8 Å². The summed E-state index contributed by atoms with van der Waals surface area (Å²) in [5.74, 6) is -5.59. The van der Waals surface area contributed by atoms with Gasteiger partial charge in [0.1, 0.15) is 30.3 Å². The molecule has 270 valence electrons. The van der Waals surface area contributed by atoms with Crippen molar-refractivity contribution in [2.75, 3.05) is 13.1 Å². The number of carbonyl (C=O) groups excluding carboxylic acids is 6. The highest BCUT2D eigenvalue weighted by molar-refractivity contribution is 5.95. The molecule has 12 N–H and O–H groups in total. The van der Waals surface area contributed by atoms with Gasteiger partial charge < -0.3 is 62.3 Å². The summed E-state index contributed by atoms with van der Waals surface area (Å²) < 4.78 is 0. The van der Waals surface area contributed by atoms with E-state index in [-0.39, 0.29) is 30.9 Å². The van der Waals surface area contributed by atoms with Gasteiger partial charge in [0.05, 0.1) is 30.7 Å². The molecule has 1 aromatic rings. The molecular weight excluding hydrogens is 638 g/mol. The van der Waals surface area contributed by atoms with E-state index >= 15 is 0 Å². The number of likely N-dealkylation sites (tertiary alicyclic amines) is 1. The van der Waals surface area contributed by atoms with Crippen LogP contribution in [0.1, 0.15) is 59.1 Å². The van der Waals surface area contributed by atoms with Crippen molar-refractivity contribution >= 4 is 35.3 Å². The zero-order valence-corrected chi connectivity index (χ0v) is 27.4. The van der Waals surface area contributed by atoms with Crippen molar-refractivity contribution in [1.29, 1.82) is 0 Å². The highest BCUT2D eigenvalue weighted by atomic mass is 16.3. The van der Waals surface area contributed by atoms with Crippen LogP contribution in [-0.2, 0) is 28.8 Å². The average Bonchev–Trinajstić information content (AvgIpc) is 3.39. The number of ketones is 1. The molecule has 1 aromatic carbocycles. The number of carbonyl (C=O) groups is 6. The number of hydrogen-bond acceptors (Lipinski definition) is 13. The van der Waals surface area contributed by atoms with Gasteiger partial charge in [-0.25, -0.2) is 0 Å². The van der Waals surface area contributed by atoms with Crippen molar-refractivity contribution in [2.24, 2.45) is 11.7 Å². The van der Waals surface area contributed by atoms with Crippen LogP contribution < -0.4 is 21.7 Å². The second kappa shape index (κ2) is 18.8. The highest BCUT2D eigenvalue weighted by Crippen LogP contribution is 2.30. The first kappa shape index (κ1) is 41.7. The van der Waals surface area contributed by atoms with Crippen LogP contribution in [-0.4, -0.2) is 132 Å². The van der Waals surface area contributed by atoms with E-state index in [9.17, 15) is 64.5 Å². The maximum Gasteiger partial charge on any atom is 0.248 e. The summed E-state index contributed by atoms with van der Waals surface area (Å²) in [6.07, 6.45) is -7.42. The topological polar surface area (TPSA) is 309 Å². The molecule has 0 aliphatic carbocycles. The average molecular weight is 686 g/mol. The van der Waals surface area contributed by atoms with Crippen molar-refractivity contribution in [3.63, 3.8) is 0 Å². The van der Waals surface area contributed by atoms with Crippen LogP contribution in [0.4, 0.5) is 0 Å². The third-order valence-electron chi connectivity index (χ3n) is 7.47. The fourth-order valence-corrected chi connectivity index (χ4v) is 4.77. The van der Waals surface area contributed by atoms with Gasteiger partial charge in [-0.05, 0) is 38.5 Å². The van der Waals surface area contributed by atoms with Gasteiger partial charge in [0.15, 0.2) is 17.3 Å². The molecule has 0 saturated carbocycles. The quantitative estimate of drug-likeness (QED) is 0.0845. The molecule has 0 aromatic heterocycles. The molecule has 18 heteroatoms. The lowest BCUT2D eigenvalue weighted by Crippen LogP contribution is -2.59. The minimum absolute atomic E-state index is 0.0449. The number of phenolic OH excluding ortho intramolecular Hbond substituents is 2. The maximum absolute atomic E-state index is 13.0. The Kier molecular flexibility index (Phi) is 16.4. The summed E-state index contributed by atoms with van der Waals surface area (Å²) in [5, 5.41) is 76.6. The number of nitrogens with two attached hydrogens (primary N) is 1. The number of primary amides is 1. The molecule has 1 aliphatic heterocycles. The van der Waals surface area contributed by atoms with E-state index in [2.05, 4.69) is 16.0 Å². The first-order valence-corrected chi connectivity index (χ1v) is 15.1. The molecule has 4 unspecified atom stereocenters. The third-order valence-corrected chi connectivity index (χ3v) is 7.47. The number of phenols is 2. The first-order chi connectivity index (χ1) is 22.2. The predicted molar refractivity (Wildman–Crippen MR) is 166 cm³/mol. The summed E-state index contributed by atoms with van der Waals surface area (Å²) in [6.45, 7) is 7.04. The van der Waals surface area contributed by atoms with Gasteiger partial charge >= 0.3 is 0 Å². The lowest BCUT2D eigenvalue weighted by molar-refractivity contribution is -0.144. The summed E-state index contributed by atoms with van der Waals surface area (Å²) in [4.78, 5) is 72.1. The highest BCUT2D eigenvalue weighted by Gasteiger charge is 2.44. The summed E-state index contributed by atoms with van der Waals surface area (Å²) in [5.41, 5.74) is 4.83. The summed E-state index contributed by atoms with van der Waals surface area (Å²) in [7, 11) is 0. The Morgan fingerprint density at radius 3 is 2.04 bits per heavy atom. The van der Waals surface area contributed by atoms with Crippen molar-refractivity contribution in [3.8, 4) is 11.5 Å². The fourth-order valence-electron chi connectivity index (χ4n) is 4.77. The van der Waals surface area contributed by atoms with E-state index in [0.29, 0.717) is 6.54 Å². The van der Waals surface area contributed by atoms with Crippen LogP contribution >= 0.6 is 0 Å². The number of nitrogens with one attached hydrogen (secondary N) is 3. The Balaban J connectivity index is 0.000000747. The Hall–Kier alpha value is -4.36. The maximum atomic E-state index is 13.0. The predicted octanol–water partition coefficient (Wildman–Crippen LogP) is -3.59. The standard InChI is InChI=1S/C22H31N3O10.C8H16N2O3/c1-9(26)17(20(33)19(32)12-4-5-15(30)16(31)6-12)24-21(34)14-7-13(29)8-25(14)22(35)18(10(2)27)23-11(3)28;1-3-10-8(13)5(2)6(11)4-7(9)12/h4-6,10,13-14,17-20,27,29-33H,7-8H2,1-3H3,(H,23,28)(H,24,34);5-6,11H,3-4H2,1-2H3,(H2,9,12)(H,10,13)/t10-,13-,14?,17?,18?,19+,20+;5?,6-/m11/s1. The molecule has 0 radical (unpaired) electrons. The van der Waals surface area contributed by atoms with Gasteiger partial charge in [-0.15, -0.1) is 0 Å². The van der Waals surface area contributed by atoms with Crippen LogP contribution in [0.3, 0.4) is 0 Å². The number of aromatic hydroxyl groups is 2. The number of amides is 5. The minimum atomic E-state index is -1.87. The molecule has 48 heavy (non-hydrogen) atoms. The molecular formula is C30H47N5O13. The van der Waals surface area contributed by atoms with Crippen LogP contribution in [0.25, 0.3) is 0 Å². The van der Waals surface area contributed by atoms with Crippen molar-refractivity contribution in [1.82, 2.24) is 20.9 Å². The van der Waals surface area contributed by atoms with E-state index in [1.807, 2.05) is 0 Å². The van der Waals surface area contributed by atoms with Gasteiger partial charge in [-0.2, -0.15) is 0 Å². The Morgan fingerprint density at radius 1 is 0.958 bits per heavy atom. The first-order valence-electron chi connectivity index (χ1n) is 15.1. The van der Waals surface area contributed by atoms with Gasteiger partial charge in [0, 0.05) is 26.4 Å². The molecule has 1 fully saturated rings. The number of rotatable bonds is 14. The molecule has 5 amide bonds. The smallest absolute Gasteiger partial charge is 0.248 e. The molecule has 2 rings (SSSR count). The molecule has 0 spiro atoms. The van der Waals surface area contributed by atoms with Gasteiger partial charge in [-0.1, -0.05) is 13.0 Å². The number of Topliss-reactive ketones (excluding diaryl/α,β-unsaturated/α-hetero) is 1. The van der Waals surface area contributed by atoms with Crippen molar-refractivity contribution in [3.05, 3.63) is 23.8 Å². The lowest BCUT2D eigenvalue weighted by Gasteiger charge is -2.31. The largest absolute Gasteiger partial charge is 0.504 e. The number of benzene rings is 1. The minimum Gasteiger partial charge on any atom is -0.504 e. The molecule has 9 atom stereocenters. The number of aliphatic hydroxyl groups is 5. The Labute approximate surface area is 276 Å². The molecule has 1 heterocycles. The van der Waals surface area contributed by atoms with E-state index in [0.717, 1.165) is 30.9 Å². The van der Waals surface area contributed by atoms with E-state index in [1.54, 1.807) is 13.8 Å². The molecule has 1 aliphatic rings. The van der Waals surface area contributed by atoms with Crippen LogP contribution in [0.2, 0.25) is 0 Å². The summed E-state index contributed by atoms with van der Waals surface area (Å²) in [6, 6.07) is -1.06. The van der Waals surface area contributed by atoms with Crippen LogP contribution in [0.15, 0.2) is 18.2 Å². The number of hydrogen-bond donors (Lipinski definition) is 11. The van der Waals surface area contributed by atoms with E-state index in [4.69, 9.17) is 5.73 Å². The van der Waals surface area contributed by atoms with Crippen LogP contribution in [0, 0.1) is 5.92 Å². The molecule has 0 bridgehead atoms. The van der Waals surface area contributed by atoms with E-state index in [1.165, 1.54) is 13.0 Å². The number of aliphatic hydroxyl groups excluding tert-OH is 5. The van der Waals surface area contributed by atoms with Crippen molar-refractivity contribution < 1.29 is 64.5 Å². The zero-order chi connectivity index (χ0) is 37.0. The summed E-state index contributed by atoms with van der Waals surface area (Å²) >= 11 is 0. The van der Waals surface area contributed by atoms with Crippen molar-refractivity contribution in [2.45, 2.75) is 96.1 Å². The lowest BCUT2D eigenvalue weighted by atomic mass is 9.95. The normalized spacial score (nSPS) is 20.0. The number of nitrogens with zero attached hydrogens (tertiary/aromatic N) is 1. The molecule has 18 nitrogen and oxygen atoms in total. The SMILES string of the molecule is CC(=O)NC(C(=O)N1C[C@H](O)CC1C(=O)NC(C(C)=O)[C@H](O)[C@@H](O)c1ccc(O)c(O)c1)[C@@H](C)O.CCNC(=O)C(C)[C@H](O)CC(N)=O. The zero-order valence-electron chi connectivity index (χ0n) is 27.4. The number of β-amino-alcohol motifs (C(OH)–C–C–N with tert-alkyl or cyclic N) is 1. The van der Waals surface area contributed by atoms with Crippen LogP contribution in [0.5, 0.6) is 11.5 Å². The Morgan fingerprint density at radius 2 is 1.56 bits per heavy atom. The molecule has 1 saturated heterocycles. The Bertz CT molecular complexity index is 1310. The second-order valence-corrected chi connectivity index (χ2v) is 11.5. The second-order valence-electron chi connectivity index (χ2n) is 11.5. The van der Waals surface area contributed by atoms with E-state index < -0.39 is 95.5 Å². The van der Waals surface area contributed by atoms with Gasteiger partial charge in [0.25, 0.3) is 0 Å².